The second kappa shape index (κ2) is 5.82. The van der Waals surface area contributed by atoms with Gasteiger partial charge in [-0.15, -0.1) is 0 Å². The highest BCUT2D eigenvalue weighted by Crippen LogP contribution is 2.18. The molecule has 17 heavy (non-hydrogen) atoms. The van der Waals surface area contributed by atoms with Crippen molar-refractivity contribution in [3.63, 3.8) is 0 Å². The van der Waals surface area contributed by atoms with Crippen molar-refractivity contribution in [2.24, 2.45) is 0 Å². The molecule has 1 unspecified atom stereocenters. The highest BCUT2D eigenvalue weighted by Gasteiger charge is 2.25. The van der Waals surface area contributed by atoms with Crippen molar-refractivity contribution in [1.82, 2.24) is 5.32 Å². The summed E-state index contributed by atoms with van der Waals surface area (Å²) in [5.41, 5.74) is 2.17. The smallest absolute Gasteiger partial charge is 0.323 e. The SMILES string of the molecule is CCCCOC(=O)C1Cc2ccccc2[C]N1. The van der Waals surface area contributed by atoms with Gasteiger partial charge in [-0.1, -0.05) is 37.6 Å². The Morgan fingerprint density at radius 2 is 2.35 bits per heavy atom. The summed E-state index contributed by atoms with van der Waals surface area (Å²) in [6.07, 6.45) is 2.63. The number of ether oxygens (including phenoxy) is 1. The molecule has 1 aliphatic heterocycles. The van der Waals surface area contributed by atoms with E-state index in [4.69, 9.17) is 4.74 Å². The van der Waals surface area contributed by atoms with Crippen LogP contribution < -0.4 is 5.32 Å². The summed E-state index contributed by atoms with van der Waals surface area (Å²) in [7, 11) is 0. The van der Waals surface area contributed by atoms with Crippen LogP contribution in [0.25, 0.3) is 0 Å². The van der Waals surface area contributed by atoms with Crippen molar-refractivity contribution in [1.29, 1.82) is 0 Å². The molecule has 1 heterocycles. The largest absolute Gasteiger partial charge is 0.465 e. The molecule has 0 amide bonds. The summed E-state index contributed by atoms with van der Waals surface area (Å²) in [6, 6.07) is 7.66. The Hall–Kier alpha value is -1.35. The maximum Gasteiger partial charge on any atom is 0.323 e. The zero-order valence-corrected chi connectivity index (χ0v) is 10.0. The van der Waals surface area contributed by atoms with E-state index < -0.39 is 0 Å². The van der Waals surface area contributed by atoms with E-state index in [-0.39, 0.29) is 12.0 Å². The summed E-state index contributed by atoms with van der Waals surface area (Å²) in [4.78, 5) is 11.8. The van der Waals surface area contributed by atoms with Gasteiger partial charge < -0.3 is 4.74 Å². The minimum Gasteiger partial charge on any atom is -0.465 e. The number of benzene rings is 1. The number of esters is 1. The van der Waals surface area contributed by atoms with Crippen LogP contribution in [-0.4, -0.2) is 18.6 Å². The molecule has 1 aromatic rings. The molecule has 1 aliphatic rings. The van der Waals surface area contributed by atoms with Crippen molar-refractivity contribution in [2.45, 2.75) is 32.2 Å². The molecular formula is C14H17NO2. The fourth-order valence-electron chi connectivity index (χ4n) is 1.82. The molecular weight excluding hydrogens is 214 g/mol. The van der Waals surface area contributed by atoms with Crippen LogP contribution in [0.5, 0.6) is 0 Å². The zero-order chi connectivity index (χ0) is 12.1. The Kier molecular flexibility index (Phi) is 4.15. The predicted molar refractivity (Wildman–Crippen MR) is 65.3 cm³/mol. The number of hydrogen-bond acceptors (Lipinski definition) is 3. The lowest BCUT2D eigenvalue weighted by Gasteiger charge is -2.23. The van der Waals surface area contributed by atoms with E-state index in [0.717, 1.165) is 24.0 Å². The maximum absolute atomic E-state index is 11.8. The van der Waals surface area contributed by atoms with Crippen LogP contribution in [-0.2, 0) is 16.0 Å². The van der Waals surface area contributed by atoms with E-state index >= 15 is 0 Å². The van der Waals surface area contributed by atoms with E-state index in [2.05, 4.69) is 18.8 Å². The molecule has 1 atom stereocenters. The number of nitrogens with one attached hydrogen (secondary N) is 1. The molecule has 2 radical (unpaired) electrons. The van der Waals surface area contributed by atoms with Crippen LogP contribution in [0.1, 0.15) is 30.9 Å². The highest BCUT2D eigenvalue weighted by molar-refractivity contribution is 5.77. The summed E-state index contributed by atoms with van der Waals surface area (Å²) < 4.78 is 5.20. The molecule has 0 aromatic heterocycles. The number of fused-ring (bicyclic) bond motifs is 1. The summed E-state index contributed by atoms with van der Waals surface area (Å²) in [6.45, 7) is 5.62. The first kappa shape index (κ1) is 12.1. The second-order valence-electron chi connectivity index (χ2n) is 4.20. The average molecular weight is 231 g/mol. The third-order valence-corrected chi connectivity index (χ3v) is 2.85. The highest BCUT2D eigenvalue weighted by atomic mass is 16.5. The van der Waals surface area contributed by atoms with Crippen LogP contribution in [0.3, 0.4) is 0 Å². The van der Waals surface area contributed by atoms with E-state index in [1.165, 1.54) is 0 Å². The van der Waals surface area contributed by atoms with Gasteiger partial charge in [-0.2, -0.15) is 0 Å². The van der Waals surface area contributed by atoms with E-state index in [0.29, 0.717) is 13.0 Å². The molecule has 0 aliphatic carbocycles. The van der Waals surface area contributed by atoms with Gasteiger partial charge >= 0.3 is 5.97 Å². The number of unbranched alkanes of at least 4 members (excludes halogenated alkanes) is 1. The van der Waals surface area contributed by atoms with Gasteiger partial charge in [0.25, 0.3) is 0 Å². The average Bonchev–Trinajstić information content (AvgIpc) is 2.38. The first-order chi connectivity index (χ1) is 8.31. The quantitative estimate of drug-likeness (QED) is 0.635. The van der Waals surface area contributed by atoms with Crippen LogP contribution in [0, 0.1) is 6.54 Å². The fourth-order valence-corrected chi connectivity index (χ4v) is 1.82. The van der Waals surface area contributed by atoms with E-state index in [1.807, 2.05) is 24.3 Å². The van der Waals surface area contributed by atoms with Crippen molar-refractivity contribution in [3.8, 4) is 0 Å². The zero-order valence-electron chi connectivity index (χ0n) is 10.0. The Labute approximate surface area is 102 Å². The van der Waals surface area contributed by atoms with Crippen molar-refractivity contribution >= 4 is 5.97 Å². The van der Waals surface area contributed by atoms with Crippen molar-refractivity contribution in [2.75, 3.05) is 6.61 Å². The molecule has 3 nitrogen and oxygen atoms in total. The normalized spacial score (nSPS) is 18.5. The molecule has 0 bridgehead atoms. The third kappa shape index (κ3) is 3.07. The van der Waals surface area contributed by atoms with Gasteiger partial charge in [0.1, 0.15) is 6.04 Å². The standard InChI is InChI=1S/C14H17NO2/c1-2-3-8-17-14(16)13-9-11-6-4-5-7-12(11)10-15-13/h4-7,13,15H,2-3,8-9H2,1H3. The minimum atomic E-state index is -0.290. The molecule has 3 heteroatoms. The number of carbonyl (C=O) groups excluding carboxylic acids is 1. The number of hydrogen-bond donors (Lipinski definition) is 1. The third-order valence-electron chi connectivity index (χ3n) is 2.85. The first-order valence-corrected chi connectivity index (χ1v) is 6.07. The Morgan fingerprint density at radius 3 is 3.18 bits per heavy atom. The molecule has 2 rings (SSSR count). The fraction of sp³-hybridized carbons (Fsp3) is 0.429. The second-order valence-corrected chi connectivity index (χ2v) is 4.20. The van der Waals surface area contributed by atoms with E-state index in [9.17, 15) is 4.79 Å². The monoisotopic (exact) mass is 231 g/mol. The van der Waals surface area contributed by atoms with Gasteiger partial charge in [0.2, 0.25) is 0 Å². The van der Waals surface area contributed by atoms with Gasteiger partial charge in [0.15, 0.2) is 0 Å². The summed E-state index contributed by atoms with van der Waals surface area (Å²) >= 11 is 0. The van der Waals surface area contributed by atoms with Crippen molar-refractivity contribution < 1.29 is 9.53 Å². The molecule has 1 N–H and O–H groups in total. The predicted octanol–water partition coefficient (Wildman–Crippen LogP) is 1.93. The Morgan fingerprint density at radius 1 is 1.53 bits per heavy atom. The Bertz CT molecular complexity index is 390. The summed E-state index contributed by atoms with van der Waals surface area (Å²) in [5.74, 6) is -0.180. The van der Waals surface area contributed by atoms with Gasteiger partial charge in [0.05, 0.1) is 13.2 Å². The molecule has 0 saturated carbocycles. The lowest BCUT2D eigenvalue weighted by Crippen LogP contribution is -2.41. The van der Waals surface area contributed by atoms with Gasteiger partial charge in [0, 0.05) is 0 Å². The molecule has 1 aromatic carbocycles. The molecule has 0 fully saturated rings. The maximum atomic E-state index is 11.8. The topological polar surface area (TPSA) is 38.3 Å². The Balaban J connectivity index is 1.91. The van der Waals surface area contributed by atoms with Gasteiger partial charge in [-0.05, 0) is 24.0 Å². The summed E-state index contributed by atoms with van der Waals surface area (Å²) in [5, 5.41) is 2.98. The van der Waals surface area contributed by atoms with Gasteiger partial charge in [-0.25, -0.2) is 0 Å². The molecule has 0 saturated heterocycles. The lowest BCUT2D eigenvalue weighted by atomic mass is 9.96. The van der Waals surface area contributed by atoms with Crippen LogP contribution in [0.4, 0.5) is 0 Å². The molecule has 0 spiro atoms. The van der Waals surface area contributed by atoms with E-state index in [1.54, 1.807) is 0 Å². The number of rotatable bonds is 4. The number of carbonyl (C=O) groups is 1. The molecule has 90 valence electrons. The lowest BCUT2D eigenvalue weighted by molar-refractivity contribution is -0.146. The van der Waals surface area contributed by atoms with Crippen molar-refractivity contribution in [3.05, 3.63) is 41.9 Å². The van der Waals surface area contributed by atoms with Crippen LogP contribution in [0.2, 0.25) is 0 Å². The first-order valence-electron chi connectivity index (χ1n) is 6.07. The van der Waals surface area contributed by atoms with Crippen LogP contribution >= 0.6 is 0 Å². The van der Waals surface area contributed by atoms with Crippen LogP contribution in [0.15, 0.2) is 24.3 Å². The van der Waals surface area contributed by atoms with Gasteiger partial charge in [-0.3, -0.25) is 10.1 Å². The minimum absolute atomic E-state index is 0.180.